The number of hydrogen-bond donors (Lipinski definition) is 3. The van der Waals surface area contributed by atoms with Crippen LogP contribution in [0.4, 0.5) is 0 Å². The van der Waals surface area contributed by atoms with Gasteiger partial charge < -0.3 is 16.4 Å². The quantitative estimate of drug-likeness (QED) is 0.553. The predicted molar refractivity (Wildman–Crippen MR) is 81.7 cm³/mol. The van der Waals surface area contributed by atoms with Crippen LogP contribution in [-0.4, -0.2) is 56.0 Å². The van der Waals surface area contributed by atoms with Gasteiger partial charge in [0.2, 0.25) is 11.8 Å². The summed E-state index contributed by atoms with van der Waals surface area (Å²) in [6, 6.07) is 0. The summed E-state index contributed by atoms with van der Waals surface area (Å²) in [7, 11) is 0. The van der Waals surface area contributed by atoms with Crippen molar-refractivity contribution in [3.8, 4) is 0 Å². The maximum Gasteiger partial charge on any atom is 0.234 e. The fraction of sp³-hybridized carbons (Fsp3) is 0.692. The first-order chi connectivity index (χ1) is 9.17. The van der Waals surface area contributed by atoms with Crippen molar-refractivity contribution in [2.75, 3.05) is 39.3 Å². The van der Waals surface area contributed by atoms with Crippen LogP contribution in [-0.2, 0) is 9.59 Å². The number of amides is 2. The van der Waals surface area contributed by atoms with Crippen LogP contribution in [0, 0.1) is 5.92 Å². The molecule has 1 atom stereocenters. The summed E-state index contributed by atoms with van der Waals surface area (Å²) in [5.41, 5.74) is 5.36. The van der Waals surface area contributed by atoms with Gasteiger partial charge in [-0.25, -0.2) is 0 Å². The highest BCUT2D eigenvalue weighted by Crippen LogP contribution is 2.16. The van der Waals surface area contributed by atoms with Crippen LogP contribution in [0.5, 0.6) is 0 Å². The lowest BCUT2D eigenvalue weighted by atomic mass is 9.97. The molecule has 6 nitrogen and oxygen atoms in total. The second-order valence-corrected chi connectivity index (χ2v) is 4.75. The maximum absolute atomic E-state index is 11.9. The zero-order valence-electron chi connectivity index (χ0n) is 11.8. The van der Waals surface area contributed by atoms with E-state index in [2.05, 4.69) is 17.2 Å². The van der Waals surface area contributed by atoms with Gasteiger partial charge in [0.1, 0.15) is 0 Å². The van der Waals surface area contributed by atoms with Crippen LogP contribution in [0.1, 0.15) is 12.8 Å². The molecular formula is C13H25ClN4O2. The Morgan fingerprint density at radius 2 is 2.15 bits per heavy atom. The normalized spacial score (nSPS) is 18.8. The van der Waals surface area contributed by atoms with E-state index in [0.717, 1.165) is 19.4 Å². The molecule has 4 N–H and O–H groups in total. The zero-order chi connectivity index (χ0) is 14.1. The van der Waals surface area contributed by atoms with E-state index in [0.29, 0.717) is 32.7 Å². The molecule has 1 aliphatic rings. The van der Waals surface area contributed by atoms with E-state index < -0.39 is 0 Å². The van der Waals surface area contributed by atoms with Gasteiger partial charge in [-0.15, -0.1) is 19.0 Å². The first-order valence-electron chi connectivity index (χ1n) is 6.75. The summed E-state index contributed by atoms with van der Waals surface area (Å²) in [5, 5.41) is 5.55. The second kappa shape index (κ2) is 10.7. The van der Waals surface area contributed by atoms with Gasteiger partial charge >= 0.3 is 0 Å². The number of carbonyl (C=O) groups is 2. The van der Waals surface area contributed by atoms with Crippen molar-refractivity contribution in [2.45, 2.75) is 12.8 Å². The topological polar surface area (TPSA) is 87.5 Å². The number of hydrogen-bond acceptors (Lipinski definition) is 4. The van der Waals surface area contributed by atoms with Crippen LogP contribution < -0.4 is 16.4 Å². The van der Waals surface area contributed by atoms with Gasteiger partial charge in [0, 0.05) is 26.2 Å². The first kappa shape index (κ1) is 18.9. The minimum Gasteiger partial charge on any atom is -0.355 e. The molecule has 2 amide bonds. The Balaban J connectivity index is 0.00000361. The van der Waals surface area contributed by atoms with E-state index in [4.69, 9.17) is 5.73 Å². The summed E-state index contributed by atoms with van der Waals surface area (Å²) < 4.78 is 0. The average Bonchev–Trinajstić information content (AvgIpc) is 2.42. The summed E-state index contributed by atoms with van der Waals surface area (Å²) in [6.45, 7) is 6.83. The zero-order valence-corrected chi connectivity index (χ0v) is 12.6. The summed E-state index contributed by atoms with van der Waals surface area (Å²) in [5.74, 6) is -0.0166. The van der Waals surface area contributed by atoms with E-state index in [-0.39, 0.29) is 30.1 Å². The molecule has 0 radical (unpaired) electrons. The number of piperidine rings is 1. The highest BCUT2D eigenvalue weighted by Gasteiger charge is 2.26. The first-order valence-corrected chi connectivity index (χ1v) is 6.75. The molecule has 0 aliphatic carbocycles. The lowest BCUT2D eigenvalue weighted by molar-refractivity contribution is -0.128. The van der Waals surface area contributed by atoms with E-state index in [1.165, 1.54) is 0 Å². The molecule has 0 bridgehead atoms. The molecule has 1 saturated heterocycles. The molecule has 1 unspecified atom stereocenters. The number of nitrogens with two attached hydrogens (primary N) is 1. The molecule has 1 rings (SSSR count). The van der Waals surface area contributed by atoms with Gasteiger partial charge in [-0.3, -0.25) is 14.5 Å². The van der Waals surface area contributed by atoms with E-state index in [1.54, 1.807) is 6.08 Å². The Morgan fingerprint density at radius 1 is 1.40 bits per heavy atom. The Labute approximate surface area is 126 Å². The van der Waals surface area contributed by atoms with E-state index >= 15 is 0 Å². The number of likely N-dealkylation sites (tertiary alicyclic amines) is 1. The number of rotatable bonds is 7. The third-order valence-corrected chi connectivity index (χ3v) is 3.13. The van der Waals surface area contributed by atoms with Crippen molar-refractivity contribution in [2.24, 2.45) is 11.7 Å². The molecule has 0 saturated carbocycles. The molecule has 0 aromatic carbocycles. The largest absolute Gasteiger partial charge is 0.355 e. The van der Waals surface area contributed by atoms with Crippen LogP contribution in [0.3, 0.4) is 0 Å². The highest BCUT2D eigenvalue weighted by molar-refractivity contribution is 5.85. The fourth-order valence-corrected chi connectivity index (χ4v) is 2.20. The van der Waals surface area contributed by atoms with Crippen LogP contribution in [0.15, 0.2) is 12.7 Å². The third-order valence-electron chi connectivity index (χ3n) is 3.13. The monoisotopic (exact) mass is 304 g/mol. The van der Waals surface area contributed by atoms with Gasteiger partial charge in [0.25, 0.3) is 0 Å². The summed E-state index contributed by atoms with van der Waals surface area (Å²) in [4.78, 5) is 25.5. The molecule has 1 fully saturated rings. The van der Waals surface area contributed by atoms with Crippen molar-refractivity contribution in [1.29, 1.82) is 0 Å². The lowest BCUT2D eigenvalue weighted by Gasteiger charge is -2.31. The van der Waals surface area contributed by atoms with Crippen LogP contribution in [0.2, 0.25) is 0 Å². The molecule has 0 aromatic rings. The van der Waals surface area contributed by atoms with Crippen molar-refractivity contribution in [3.63, 3.8) is 0 Å². The molecule has 7 heteroatoms. The van der Waals surface area contributed by atoms with Crippen molar-refractivity contribution >= 4 is 24.2 Å². The number of nitrogens with one attached hydrogen (secondary N) is 2. The van der Waals surface area contributed by atoms with Gasteiger partial charge in [0.15, 0.2) is 0 Å². The van der Waals surface area contributed by atoms with Gasteiger partial charge in [0.05, 0.1) is 12.5 Å². The highest BCUT2D eigenvalue weighted by atomic mass is 35.5. The van der Waals surface area contributed by atoms with Gasteiger partial charge in [-0.2, -0.15) is 0 Å². The molecule has 0 aromatic heterocycles. The Morgan fingerprint density at radius 3 is 2.80 bits per heavy atom. The second-order valence-electron chi connectivity index (χ2n) is 4.75. The van der Waals surface area contributed by atoms with E-state index in [1.807, 2.05) is 4.90 Å². The Bertz CT molecular complexity index is 325. The molecule has 116 valence electrons. The number of halogens is 1. The van der Waals surface area contributed by atoms with Crippen LogP contribution in [0.25, 0.3) is 0 Å². The van der Waals surface area contributed by atoms with Crippen LogP contribution >= 0.6 is 12.4 Å². The van der Waals surface area contributed by atoms with Crippen molar-refractivity contribution in [1.82, 2.24) is 15.5 Å². The Kier molecular flexibility index (Phi) is 10.1. The number of carbonyl (C=O) groups excluding carboxylic acids is 2. The van der Waals surface area contributed by atoms with Crippen molar-refractivity contribution < 1.29 is 9.59 Å². The smallest absolute Gasteiger partial charge is 0.234 e. The Hall–Kier alpha value is -1.11. The van der Waals surface area contributed by atoms with Gasteiger partial charge in [-0.05, 0) is 19.4 Å². The molecule has 1 heterocycles. The third kappa shape index (κ3) is 6.88. The number of nitrogens with zero attached hydrogens (tertiary/aromatic N) is 1. The average molecular weight is 305 g/mol. The minimum atomic E-state index is -0.0347. The minimum absolute atomic E-state index is 0. The van der Waals surface area contributed by atoms with E-state index in [9.17, 15) is 9.59 Å². The van der Waals surface area contributed by atoms with Crippen molar-refractivity contribution in [3.05, 3.63) is 12.7 Å². The van der Waals surface area contributed by atoms with Gasteiger partial charge in [-0.1, -0.05) is 6.08 Å². The summed E-state index contributed by atoms with van der Waals surface area (Å²) >= 11 is 0. The molecular weight excluding hydrogens is 280 g/mol. The molecule has 20 heavy (non-hydrogen) atoms. The lowest BCUT2D eigenvalue weighted by Crippen LogP contribution is -2.47. The predicted octanol–water partition coefficient (Wildman–Crippen LogP) is -0.503. The SMILES string of the molecule is C=CCNC(=O)CN1CCCC(C(=O)NCCN)C1.Cl. The molecule has 0 spiro atoms. The summed E-state index contributed by atoms with van der Waals surface area (Å²) in [6.07, 6.45) is 3.47. The maximum atomic E-state index is 11.9. The fourth-order valence-electron chi connectivity index (χ4n) is 2.20. The standard InChI is InChI=1S/C13H24N4O2.ClH/c1-2-6-15-12(18)10-17-8-3-4-11(9-17)13(19)16-7-5-14;/h2,11H,1,3-10,14H2,(H,15,18)(H,16,19);1H. The molecule has 1 aliphatic heterocycles.